The standard InChI is InChI=1S/C15H10BrClN2O2/c16-10-5-7-11(8-6-10)20-9-14-18-15(21-19-14)12-3-1-2-4-13(12)17/h1-8H,9H2. The van der Waals surface area contributed by atoms with Crippen LogP contribution in [-0.2, 0) is 6.61 Å². The highest BCUT2D eigenvalue weighted by Crippen LogP contribution is 2.26. The van der Waals surface area contributed by atoms with Gasteiger partial charge < -0.3 is 9.26 Å². The molecule has 0 spiro atoms. The molecule has 3 aromatic rings. The van der Waals surface area contributed by atoms with Crippen molar-refractivity contribution in [3.05, 3.63) is 63.9 Å². The van der Waals surface area contributed by atoms with Gasteiger partial charge in [-0.3, -0.25) is 0 Å². The molecule has 21 heavy (non-hydrogen) atoms. The third kappa shape index (κ3) is 3.43. The number of hydrogen-bond donors (Lipinski definition) is 0. The maximum atomic E-state index is 6.09. The fraction of sp³-hybridized carbons (Fsp3) is 0.0667. The molecule has 1 heterocycles. The average molecular weight is 366 g/mol. The van der Waals surface area contributed by atoms with Crippen LogP contribution in [0, 0.1) is 0 Å². The van der Waals surface area contributed by atoms with Crippen molar-refractivity contribution < 1.29 is 9.26 Å². The van der Waals surface area contributed by atoms with E-state index < -0.39 is 0 Å². The molecule has 0 atom stereocenters. The first-order valence-corrected chi connectivity index (χ1v) is 7.35. The van der Waals surface area contributed by atoms with Gasteiger partial charge in [0.25, 0.3) is 5.89 Å². The van der Waals surface area contributed by atoms with Crippen LogP contribution in [0.3, 0.4) is 0 Å². The molecular weight excluding hydrogens is 356 g/mol. The Labute approximate surface area is 134 Å². The zero-order valence-electron chi connectivity index (χ0n) is 10.8. The van der Waals surface area contributed by atoms with Crippen LogP contribution in [0.1, 0.15) is 5.82 Å². The summed E-state index contributed by atoms with van der Waals surface area (Å²) in [5.74, 6) is 1.59. The van der Waals surface area contributed by atoms with Gasteiger partial charge >= 0.3 is 0 Å². The molecule has 2 aromatic carbocycles. The van der Waals surface area contributed by atoms with Crippen molar-refractivity contribution in [2.75, 3.05) is 0 Å². The Bertz CT molecular complexity index is 743. The Morgan fingerprint density at radius 2 is 1.86 bits per heavy atom. The van der Waals surface area contributed by atoms with E-state index in [2.05, 4.69) is 26.1 Å². The fourth-order valence-electron chi connectivity index (χ4n) is 1.74. The van der Waals surface area contributed by atoms with E-state index in [1.807, 2.05) is 42.5 Å². The molecule has 0 saturated heterocycles. The SMILES string of the molecule is Clc1ccccc1-c1nc(COc2ccc(Br)cc2)no1. The van der Waals surface area contributed by atoms with Crippen molar-refractivity contribution in [1.82, 2.24) is 10.1 Å². The van der Waals surface area contributed by atoms with E-state index in [4.69, 9.17) is 20.9 Å². The largest absolute Gasteiger partial charge is 0.485 e. The minimum atomic E-state index is 0.232. The summed E-state index contributed by atoms with van der Waals surface area (Å²) in [6.07, 6.45) is 0. The second-order valence-electron chi connectivity index (χ2n) is 4.24. The van der Waals surface area contributed by atoms with Crippen LogP contribution in [0.2, 0.25) is 5.02 Å². The molecule has 106 valence electrons. The Kier molecular flexibility index (Phi) is 4.22. The first-order valence-electron chi connectivity index (χ1n) is 6.18. The summed E-state index contributed by atoms with van der Waals surface area (Å²) < 4.78 is 11.8. The molecule has 0 fully saturated rings. The summed E-state index contributed by atoms with van der Waals surface area (Å²) in [4.78, 5) is 4.28. The molecule has 0 unspecified atom stereocenters. The number of rotatable bonds is 4. The summed E-state index contributed by atoms with van der Waals surface area (Å²) in [6.45, 7) is 0.232. The lowest BCUT2D eigenvalue weighted by Gasteiger charge is -2.02. The molecule has 3 rings (SSSR count). The number of benzene rings is 2. The van der Waals surface area contributed by atoms with Crippen LogP contribution in [0.5, 0.6) is 5.75 Å². The summed E-state index contributed by atoms with van der Waals surface area (Å²) in [7, 11) is 0. The maximum absolute atomic E-state index is 6.09. The van der Waals surface area contributed by atoms with Gasteiger partial charge in [0.2, 0.25) is 5.82 Å². The highest BCUT2D eigenvalue weighted by Gasteiger charge is 2.12. The third-order valence-electron chi connectivity index (χ3n) is 2.75. The highest BCUT2D eigenvalue weighted by molar-refractivity contribution is 9.10. The summed E-state index contributed by atoms with van der Waals surface area (Å²) >= 11 is 9.46. The monoisotopic (exact) mass is 364 g/mol. The zero-order valence-corrected chi connectivity index (χ0v) is 13.1. The quantitative estimate of drug-likeness (QED) is 0.670. The second kappa shape index (κ2) is 6.28. The Morgan fingerprint density at radius 3 is 2.62 bits per heavy atom. The van der Waals surface area contributed by atoms with E-state index in [1.165, 1.54) is 0 Å². The minimum absolute atomic E-state index is 0.232. The Morgan fingerprint density at radius 1 is 1.10 bits per heavy atom. The summed E-state index contributed by atoms with van der Waals surface area (Å²) in [5, 5.41) is 4.46. The van der Waals surface area contributed by atoms with Crippen LogP contribution < -0.4 is 4.74 Å². The molecule has 1 aromatic heterocycles. The molecule has 0 aliphatic heterocycles. The Hall–Kier alpha value is -1.85. The molecule has 0 aliphatic carbocycles. The van der Waals surface area contributed by atoms with Crippen LogP contribution in [0.4, 0.5) is 0 Å². The van der Waals surface area contributed by atoms with E-state index in [0.717, 1.165) is 10.2 Å². The van der Waals surface area contributed by atoms with Gasteiger partial charge in [0.1, 0.15) is 5.75 Å². The predicted molar refractivity (Wildman–Crippen MR) is 83.2 cm³/mol. The van der Waals surface area contributed by atoms with E-state index in [9.17, 15) is 0 Å². The van der Waals surface area contributed by atoms with E-state index in [0.29, 0.717) is 22.3 Å². The van der Waals surface area contributed by atoms with Crippen molar-refractivity contribution in [3.8, 4) is 17.2 Å². The van der Waals surface area contributed by atoms with Gasteiger partial charge in [0.05, 0.1) is 10.6 Å². The van der Waals surface area contributed by atoms with Gasteiger partial charge in [-0.15, -0.1) is 0 Å². The van der Waals surface area contributed by atoms with Gasteiger partial charge in [0, 0.05) is 4.47 Å². The highest BCUT2D eigenvalue weighted by atomic mass is 79.9. The van der Waals surface area contributed by atoms with Crippen molar-refractivity contribution >= 4 is 27.5 Å². The summed E-state index contributed by atoms with van der Waals surface area (Å²) in [6, 6.07) is 14.8. The molecule has 4 nitrogen and oxygen atoms in total. The smallest absolute Gasteiger partial charge is 0.259 e. The first-order chi connectivity index (χ1) is 10.2. The van der Waals surface area contributed by atoms with Crippen molar-refractivity contribution in [2.24, 2.45) is 0 Å². The van der Waals surface area contributed by atoms with Gasteiger partial charge in [-0.2, -0.15) is 4.98 Å². The lowest BCUT2D eigenvalue weighted by atomic mass is 10.2. The number of halogens is 2. The van der Waals surface area contributed by atoms with Gasteiger partial charge in [-0.05, 0) is 36.4 Å². The van der Waals surface area contributed by atoms with Gasteiger partial charge in [0.15, 0.2) is 6.61 Å². The molecule has 0 aliphatic rings. The molecule has 0 bridgehead atoms. The van der Waals surface area contributed by atoms with Crippen LogP contribution in [0.15, 0.2) is 57.5 Å². The molecule has 6 heteroatoms. The first kappa shape index (κ1) is 14.1. The molecule has 0 amide bonds. The zero-order chi connectivity index (χ0) is 14.7. The normalized spacial score (nSPS) is 10.6. The lowest BCUT2D eigenvalue weighted by Crippen LogP contribution is -1.97. The van der Waals surface area contributed by atoms with Crippen LogP contribution in [-0.4, -0.2) is 10.1 Å². The number of aromatic nitrogens is 2. The van der Waals surface area contributed by atoms with E-state index in [-0.39, 0.29) is 6.61 Å². The van der Waals surface area contributed by atoms with Crippen molar-refractivity contribution in [1.29, 1.82) is 0 Å². The molecule has 0 N–H and O–H groups in total. The van der Waals surface area contributed by atoms with Crippen molar-refractivity contribution in [2.45, 2.75) is 6.61 Å². The second-order valence-corrected chi connectivity index (χ2v) is 5.56. The number of nitrogens with zero attached hydrogens (tertiary/aromatic N) is 2. The molecular formula is C15H10BrClN2O2. The summed E-state index contributed by atoms with van der Waals surface area (Å²) in [5.41, 5.74) is 0.710. The Balaban J connectivity index is 1.71. The fourth-order valence-corrected chi connectivity index (χ4v) is 2.22. The minimum Gasteiger partial charge on any atom is -0.485 e. The average Bonchev–Trinajstić information content (AvgIpc) is 2.96. The van der Waals surface area contributed by atoms with E-state index in [1.54, 1.807) is 6.07 Å². The predicted octanol–water partition coefficient (Wildman–Crippen LogP) is 4.73. The van der Waals surface area contributed by atoms with Crippen molar-refractivity contribution in [3.63, 3.8) is 0 Å². The number of ether oxygens (including phenoxy) is 1. The lowest BCUT2D eigenvalue weighted by molar-refractivity contribution is 0.287. The number of hydrogen-bond acceptors (Lipinski definition) is 4. The topological polar surface area (TPSA) is 48.2 Å². The molecule has 0 saturated carbocycles. The third-order valence-corrected chi connectivity index (χ3v) is 3.61. The van der Waals surface area contributed by atoms with Crippen LogP contribution in [0.25, 0.3) is 11.5 Å². The van der Waals surface area contributed by atoms with Gasteiger partial charge in [-0.25, -0.2) is 0 Å². The maximum Gasteiger partial charge on any atom is 0.259 e. The van der Waals surface area contributed by atoms with E-state index >= 15 is 0 Å². The van der Waals surface area contributed by atoms with Gasteiger partial charge in [-0.1, -0.05) is 44.8 Å². The van der Waals surface area contributed by atoms with Crippen LogP contribution >= 0.6 is 27.5 Å². The molecule has 0 radical (unpaired) electrons.